The van der Waals surface area contributed by atoms with Gasteiger partial charge in [-0.05, 0) is 39.7 Å². The lowest BCUT2D eigenvalue weighted by Crippen LogP contribution is -2.53. The molecular formula is C14H28N2O. The van der Waals surface area contributed by atoms with Crippen molar-refractivity contribution in [1.82, 2.24) is 10.2 Å². The van der Waals surface area contributed by atoms with E-state index >= 15 is 0 Å². The summed E-state index contributed by atoms with van der Waals surface area (Å²) in [4.78, 5) is 2.58. The molecule has 1 N–H and O–H groups in total. The zero-order valence-corrected chi connectivity index (χ0v) is 11.5. The summed E-state index contributed by atoms with van der Waals surface area (Å²) in [5.74, 6) is 0. The van der Waals surface area contributed by atoms with E-state index in [4.69, 9.17) is 4.74 Å². The van der Waals surface area contributed by atoms with Crippen LogP contribution >= 0.6 is 0 Å². The SMILES string of the molecule is CC1(C)COCCN1CCCNC1CCCC1. The van der Waals surface area contributed by atoms with Crippen molar-refractivity contribution in [3.05, 3.63) is 0 Å². The van der Waals surface area contributed by atoms with Gasteiger partial charge >= 0.3 is 0 Å². The average Bonchev–Trinajstić information content (AvgIpc) is 2.79. The van der Waals surface area contributed by atoms with Crippen LogP contribution in [0.25, 0.3) is 0 Å². The fraction of sp³-hybridized carbons (Fsp3) is 1.00. The zero-order chi connectivity index (χ0) is 12.1. The molecule has 2 rings (SSSR count). The molecule has 0 aromatic heterocycles. The smallest absolute Gasteiger partial charge is 0.0645 e. The minimum atomic E-state index is 0.228. The molecule has 3 heteroatoms. The number of morpholine rings is 1. The highest BCUT2D eigenvalue weighted by atomic mass is 16.5. The lowest BCUT2D eigenvalue weighted by Gasteiger charge is -2.42. The van der Waals surface area contributed by atoms with E-state index in [0.717, 1.165) is 25.8 Å². The van der Waals surface area contributed by atoms with Gasteiger partial charge < -0.3 is 10.1 Å². The van der Waals surface area contributed by atoms with Gasteiger partial charge in [0.25, 0.3) is 0 Å². The van der Waals surface area contributed by atoms with Crippen molar-refractivity contribution in [2.75, 3.05) is 32.8 Å². The van der Waals surface area contributed by atoms with E-state index in [1.165, 1.54) is 45.2 Å². The van der Waals surface area contributed by atoms with Gasteiger partial charge in [0.1, 0.15) is 0 Å². The van der Waals surface area contributed by atoms with Crippen LogP contribution in [0.4, 0.5) is 0 Å². The third-order valence-corrected chi connectivity index (χ3v) is 4.21. The number of rotatable bonds is 5. The first-order valence-electron chi connectivity index (χ1n) is 7.25. The van der Waals surface area contributed by atoms with E-state index < -0.39 is 0 Å². The first-order valence-corrected chi connectivity index (χ1v) is 7.25. The number of ether oxygens (including phenoxy) is 1. The Kier molecular flexibility index (Phi) is 4.83. The van der Waals surface area contributed by atoms with Crippen molar-refractivity contribution in [3.63, 3.8) is 0 Å². The molecule has 1 heterocycles. The normalized spacial score (nSPS) is 26.5. The maximum atomic E-state index is 5.55. The monoisotopic (exact) mass is 240 g/mol. The van der Waals surface area contributed by atoms with E-state index in [1.807, 2.05) is 0 Å². The number of hydrogen-bond donors (Lipinski definition) is 1. The average molecular weight is 240 g/mol. The summed E-state index contributed by atoms with van der Waals surface area (Å²) in [7, 11) is 0. The molecule has 2 aliphatic rings. The van der Waals surface area contributed by atoms with Crippen LogP contribution in [0.2, 0.25) is 0 Å². The quantitative estimate of drug-likeness (QED) is 0.744. The van der Waals surface area contributed by atoms with Crippen LogP contribution in [0.3, 0.4) is 0 Å². The van der Waals surface area contributed by atoms with Gasteiger partial charge in [-0.3, -0.25) is 4.90 Å². The van der Waals surface area contributed by atoms with Crippen LogP contribution in [-0.4, -0.2) is 49.3 Å². The highest BCUT2D eigenvalue weighted by Crippen LogP contribution is 2.19. The predicted octanol–water partition coefficient (Wildman–Crippen LogP) is 2.02. The molecule has 0 atom stereocenters. The van der Waals surface area contributed by atoms with Gasteiger partial charge in [-0.2, -0.15) is 0 Å². The topological polar surface area (TPSA) is 24.5 Å². The number of nitrogens with one attached hydrogen (secondary N) is 1. The first-order chi connectivity index (χ1) is 8.18. The van der Waals surface area contributed by atoms with E-state index in [1.54, 1.807) is 0 Å². The minimum absolute atomic E-state index is 0.228. The Morgan fingerprint density at radius 1 is 1.29 bits per heavy atom. The maximum Gasteiger partial charge on any atom is 0.0645 e. The molecule has 17 heavy (non-hydrogen) atoms. The third kappa shape index (κ3) is 3.94. The van der Waals surface area contributed by atoms with Gasteiger partial charge in [0.15, 0.2) is 0 Å². The van der Waals surface area contributed by atoms with Crippen molar-refractivity contribution in [3.8, 4) is 0 Å². The highest BCUT2D eigenvalue weighted by molar-refractivity contribution is 4.84. The van der Waals surface area contributed by atoms with Crippen LogP contribution in [0.5, 0.6) is 0 Å². The Bertz CT molecular complexity index is 224. The van der Waals surface area contributed by atoms with E-state index in [9.17, 15) is 0 Å². The largest absolute Gasteiger partial charge is 0.378 e. The standard InChI is InChI=1S/C14H28N2O/c1-14(2)12-17-11-10-16(14)9-5-8-15-13-6-3-4-7-13/h13,15H,3-12H2,1-2H3. The zero-order valence-electron chi connectivity index (χ0n) is 11.5. The van der Waals surface area contributed by atoms with Gasteiger partial charge in [0.2, 0.25) is 0 Å². The van der Waals surface area contributed by atoms with Crippen LogP contribution < -0.4 is 5.32 Å². The molecule has 1 saturated heterocycles. The second-order valence-corrected chi connectivity index (χ2v) is 6.14. The molecule has 100 valence electrons. The lowest BCUT2D eigenvalue weighted by molar-refractivity contribution is -0.0510. The van der Waals surface area contributed by atoms with Gasteiger partial charge in [0, 0.05) is 24.7 Å². The van der Waals surface area contributed by atoms with Crippen LogP contribution in [0.1, 0.15) is 46.0 Å². The van der Waals surface area contributed by atoms with E-state index in [2.05, 4.69) is 24.1 Å². The van der Waals surface area contributed by atoms with Gasteiger partial charge in [-0.1, -0.05) is 12.8 Å². The summed E-state index contributed by atoms with van der Waals surface area (Å²) in [5, 5.41) is 3.69. The second kappa shape index (κ2) is 6.17. The highest BCUT2D eigenvalue weighted by Gasteiger charge is 2.29. The van der Waals surface area contributed by atoms with Gasteiger partial charge in [-0.15, -0.1) is 0 Å². The number of nitrogens with zero attached hydrogens (tertiary/aromatic N) is 1. The van der Waals surface area contributed by atoms with Crippen molar-refractivity contribution in [2.45, 2.75) is 57.5 Å². The summed E-state index contributed by atoms with van der Waals surface area (Å²) in [6, 6.07) is 0.813. The summed E-state index contributed by atoms with van der Waals surface area (Å²) >= 11 is 0. The van der Waals surface area contributed by atoms with Crippen LogP contribution in [0, 0.1) is 0 Å². The van der Waals surface area contributed by atoms with Gasteiger partial charge in [-0.25, -0.2) is 0 Å². The van der Waals surface area contributed by atoms with E-state index in [-0.39, 0.29) is 5.54 Å². The molecule has 0 aromatic rings. The molecule has 0 aromatic carbocycles. The summed E-state index contributed by atoms with van der Waals surface area (Å²) < 4.78 is 5.55. The molecule has 0 spiro atoms. The molecular weight excluding hydrogens is 212 g/mol. The molecule has 0 radical (unpaired) electrons. The van der Waals surface area contributed by atoms with Crippen molar-refractivity contribution in [1.29, 1.82) is 0 Å². The first kappa shape index (κ1) is 13.3. The summed E-state index contributed by atoms with van der Waals surface area (Å²) in [6.07, 6.45) is 6.90. The Hall–Kier alpha value is -0.120. The molecule has 1 aliphatic heterocycles. The van der Waals surface area contributed by atoms with E-state index in [0.29, 0.717) is 0 Å². The third-order valence-electron chi connectivity index (χ3n) is 4.21. The number of hydrogen-bond acceptors (Lipinski definition) is 3. The molecule has 0 amide bonds. The van der Waals surface area contributed by atoms with Crippen LogP contribution in [0.15, 0.2) is 0 Å². The maximum absolute atomic E-state index is 5.55. The lowest BCUT2D eigenvalue weighted by atomic mass is 10.0. The fourth-order valence-electron chi connectivity index (χ4n) is 3.01. The Labute approximate surface area is 106 Å². The van der Waals surface area contributed by atoms with Crippen molar-refractivity contribution >= 4 is 0 Å². The molecule has 1 saturated carbocycles. The van der Waals surface area contributed by atoms with Crippen molar-refractivity contribution < 1.29 is 4.74 Å². The molecule has 0 bridgehead atoms. The second-order valence-electron chi connectivity index (χ2n) is 6.14. The minimum Gasteiger partial charge on any atom is -0.378 e. The molecule has 0 unspecified atom stereocenters. The Morgan fingerprint density at radius 3 is 2.76 bits per heavy atom. The fourth-order valence-corrected chi connectivity index (χ4v) is 3.01. The molecule has 3 nitrogen and oxygen atoms in total. The molecule has 2 fully saturated rings. The summed E-state index contributed by atoms with van der Waals surface area (Å²) in [6.45, 7) is 9.83. The predicted molar refractivity (Wildman–Crippen MR) is 71.3 cm³/mol. The van der Waals surface area contributed by atoms with Crippen LogP contribution in [-0.2, 0) is 4.74 Å². The Balaban J connectivity index is 1.60. The Morgan fingerprint density at radius 2 is 2.06 bits per heavy atom. The van der Waals surface area contributed by atoms with Gasteiger partial charge in [0.05, 0.1) is 13.2 Å². The molecule has 1 aliphatic carbocycles. The summed E-state index contributed by atoms with van der Waals surface area (Å²) in [5.41, 5.74) is 0.228. The van der Waals surface area contributed by atoms with Crippen molar-refractivity contribution in [2.24, 2.45) is 0 Å².